The largest absolute Gasteiger partial charge is 0.469 e. The molecule has 0 spiro atoms. The SMILES string of the molecule is CC(=O)OC1[C@@H](COP(=O)(O)O)O[C@@H]([n+]2cccc(C(N)=O)c2)[C@H]1OC(C)=O. The van der Waals surface area contributed by atoms with E-state index in [1.807, 2.05) is 0 Å². The van der Waals surface area contributed by atoms with Crippen LogP contribution in [0.5, 0.6) is 0 Å². The van der Waals surface area contributed by atoms with Gasteiger partial charge in [0.25, 0.3) is 5.91 Å². The Kier molecular flexibility index (Phi) is 6.86. The normalized spacial score (nSPS) is 24.6. The maximum Gasteiger partial charge on any atom is 0.469 e. The molecule has 1 aromatic heterocycles. The van der Waals surface area contributed by atoms with E-state index in [-0.39, 0.29) is 5.56 Å². The van der Waals surface area contributed by atoms with Gasteiger partial charge in [-0.25, -0.2) is 4.57 Å². The highest BCUT2D eigenvalue weighted by Crippen LogP contribution is 2.38. The summed E-state index contributed by atoms with van der Waals surface area (Å²) in [5, 5.41) is 0. The van der Waals surface area contributed by atoms with E-state index < -0.39 is 56.8 Å². The number of primary amides is 1. The Morgan fingerprint density at radius 3 is 2.36 bits per heavy atom. The number of phosphoric ester groups is 1. The number of ether oxygens (including phenoxy) is 3. The third-order valence-electron chi connectivity index (χ3n) is 3.70. The predicted molar refractivity (Wildman–Crippen MR) is 88.2 cm³/mol. The first kappa shape index (κ1) is 21.9. The van der Waals surface area contributed by atoms with Gasteiger partial charge in [0.05, 0.1) is 6.61 Å². The fraction of sp³-hybridized carbons (Fsp3) is 0.467. The zero-order chi connectivity index (χ0) is 21.1. The van der Waals surface area contributed by atoms with Crippen molar-refractivity contribution in [2.75, 3.05) is 6.61 Å². The van der Waals surface area contributed by atoms with Gasteiger partial charge in [-0.3, -0.25) is 18.9 Å². The summed E-state index contributed by atoms with van der Waals surface area (Å²) in [5.74, 6) is -2.16. The van der Waals surface area contributed by atoms with Crippen LogP contribution in [0.4, 0.5) is 0 Å². The van der Waals surface area contributed by atoms with E-state index in [1.165, 1.54) is 29.1 Å². The van der Waals surface area contributed by atoms with E-state index in [4.69, 9.17) is 29.7 Å². The topological polar surface area (TPSA) is 176 Å². The fourth-order valence-electron chi connectivity index (χ4n) is 2.70. The Labute approximate surface area is 159 Å². The summed E-state index contributed by atoms with van der Waals surface area (Å²) in [6.07, 6.45) is -1.83. The van der Waals surface area contributed by atoms with Crippen molar-refractivity contribution < 1.29 is 52.0 Å². The first-order chi connectivity index (χ1) is 13.0. The number of pyridine rings is 1. The lowest BCUT2D eigenvalue weighted by Gasteiger charge is -2.21. The molecule has 4 N–H and O–H groups in total. The average molecular weight is 419 g/mol. The smallest absolute Gasteiger partial charge is 0.455 e. The number of rotatable bonds is 7. The minimum Gasteiger partial charge on any atom is -0.455 e. The first-order valence-electron chi connectivity index (χ1n) is 7.98. The van der Waals surface area contributed by atoms with Gasteiger partial charge in [-0.05, 0) is 6.07 Å². The third kappa shape index (κ3) is 5.81. The maximum absolute atomic E-state index is 11.5. The van der Waals surface area contributed by atoms with Crippen LogP contribution in [0.15, 0.2) is 24.5 Å². The van der Waals surface area contributed by atoms with E-state index in [1.54, 1.807) is 0 Å². The fourth-order valence-corrected chi connectivity index (χ4v) is 3.04. The van der Waals surface area contributed by atoms with E-state index in [0.29, 0.717) is 0 Å². The number of phosphoric acid groups is 1. The van der Waals surface area contributed by atoms with Crippen molar-refractivity contribution in [2.24, 2.45) is 5.73 Å². The third-order valence-corrected chi connectivity index (χ3v) is 4.18. The number of carbonyl (C=O) groups excluding carboxylic acids is 3. The van der Waals surface area contributed by atoms with Gasteiger partial charge < -0.3 is 29.7 Å². The minimum atomic E-state index is -4.84. The zero-order valence-corrected chi connectivity index (χ0v) is 15.9. The van der Waals surface area contributed by atoms with E-state index in [0.717, 1.165) is 13.8 Å². The second-order valence-corrected chi connectivity index (χ2v) is 7.14. The molecule has 1 saturated heterocycles. The highest BCUT2D eigenvalue weighted by atomic mass is 31.2. The minimum absolute atomic E-state index is 0.131. The van der Waals surface area contributed by atoms with Gasteiger partial charge in [-0.15, -0.1) is 0 Å². The van der Waals surface area contributed by atoms with Crippen LogP contribution < -0.4 is 10.3 Å². The highest BCUT2D eigenvalue weighted by molar-refractivity contribution is 7.46. The summed E-state index contributed by atoms with van der Waals surface area (Å²) in [4.78, 5) is 52.3. The van der Waals surface area contributed by atoms with Crippen LogP contribution in [0.1, 0.15) is 30.4 Å². The summed E-state index contributed by atoms with van der Waals surface area (Å²) in [7, 11) is -4.84. The van der Waals surface area contributed by atoms with Gasteiger partial charge in [0.15, 0.2) is 18.5 Å². The summed E-state index contributed by atoms with van der Waals surface area (Å²) in [6.45, 7) is 1.60. The van der Waals surface area contributed by atoms with E-state index >= 15 is 0 Å². The van der Waals surface area contributed by atoms with Crippen LogP contribution in [-0.2, 0) is 32.9 Å². The van der Waals surface area contributed by atoms with E-state index in [9.17, 15) is 18.9 Å². The number of carbonyl (C=O) groups is 3. The zero-order valence-electron chi connectivity index (χ0n) is 15.0. The Morgan fingerprint density at radius 2 is 1.82 bits per heavy atom. The van der Waals surface area contributed by atoms with Crippen molar-refractivity contribution in [2.45, 2.75) is 38.4 Å². The van der Waals surface area contributed by atoms with Gasteiger partial charge in [-0.2, -0.15) is 4.57 Å². The van der Waals surface area contributed by atoms with Gasteiger partial charge in [0.2, 0.25) is 6.10 Å². The Bertz CT molecular complexity index is 810. The molecule has 154 valence electrons. The second kappa shape index (κ2) is 8.76. The lowest BCUT2D eigenvalue weighted by atomic mass is 10.1. The van der Waals surface area contributed by atoms with Crippen molar-refractivity contribution in [3.63, 3.8) is 0 Å². The number of hydrogen-bond donors (Lipinski definition) is 3. The lowest BCUT2D eigenvalue weighted by molar-refractivity contribution is -0.765. The molecule has 0 radical (unpaired) electrons. The molecule has 28 heavy (non-hydrogen) atoms. The molecule has 1 fully saturated rings. The molecule has 2 heterocycles. The Balaban J connectivity index is 2.39. The molecule has 1 aliphatic heterocycles. The van der Waals surface area contributed by atoms with Crippen molar-refractivity contribution >= 4 is 25.7 Å². The summed E-state index contributed by atoms with van der Waals surface area (Å²) in [5.41, 5.74) is 5.39. The van der Waals surface area contributed by atoms with Crippen molar-refractivity contribution in [3.8, 4) is 0 Å². The number of hydrogen-bond acceptors (Lipinski definition) is 8. The molecule has 1 aliphatic rings. The maximum atomic E-state index is 11.5. The number of amides is 1. The van der Waals surface area contributed by atoms with E-state index in [2.05, 4.69) is 4.52 Å². The van der Waals surface area contributed by atoms with Crippen LogP contribution in [0.3, 0.4) is 0 Å². The summed E-state index contributed by atoms with van der Waals surface area (Å²) < 4.78 is 32.9. The number of nitrogens with two attached hydrogens (primary N) is 1. The highest BCUT2D eigenvalue weighted by Gasteiger charge is 2.54. The average Bonchev–Trinajstić information content (AvgIpc) is 2.89. The van der Waals surface area contributed by atoms with Gasteiger partial charge in [0, 0.05) is 19.9 Å². The monoisotopic (exact) mass is 419 g/mol. The quantitative estimate of drug-likeness (QED) is 0.281. The molecule has 12 nitrogen and oxygen atoms in total. The Morgan fingerprint density at radius 1 is 1.21 bits per heavy atom. The standard InChI is InChI=1S/C15H19N2O10P/c1-8(18)25-12-11(7-24-28(21,22)23)27-15(13(12)26-9(2)19)17-5-3-4-10(6-17)14(16)20/h3-6,11-13,15H,7H2,1-2H3,(H3-,16,20,21,22,23)/p+1/t11-,12?,13+,15-/m1/s1. The molecule has 1 aromatic rings. The molecule has 0 aromatic carbocycles. The molecular formula is C15H20N2O10P+. The van der Waals surface area contributed by atoms with Gasteiger partial charge in [0.1, 0.15) is 11.7 Å². The molecule has 0 bridgehead atoms. The van der Waals surface area contributed by atoms with Crippen LogP contribution >= 0.6 is 7.82 Å². The number of aromatic nitrogens is 1. The van der Waals surface area contributed by atoms with Crippen LogP contribution in [-0.4, -0.2) is 52.6 Å². The van der Waals surface area contributed by atoms with Crippen LogP contribution in [0.2, 0.25) is 0 Å². The van der Waals surface area contributed by atoms with Gasteiger partial charge in [-0.1, -0.05) is 0 Å². The van der Waals surface area contributed by atoms with Crippen molar-refractivity contribution in [1.29, 1.82) is 0 Å². The Hall–Kier alpha value is -2.37. The predicted octanol–water partition coefficient (Wildman–Crippen LogP) is -1.06. The molecule has 4 atom stereocenters. The molecular weight excluding hydrogens is 399 g/mol. The summed E-state index contributed by atoms with van der Waals surface area (Å²) >= 11 is 0. The second-order valence-electron chi connectivity index (χ2n) is 5.90. The van der Waals surface area contributed by atoms with Crippen molar-refractivity contribution in [1.82, 2.24) is 0 Å². The van der Waals surface area contributed by atoms with Crippen molar-refractivity contribution in [3.05, 3.63) is 30.1 Å². The molecule has 0 aliphatic carbocycles. The molecule has 2 rings (SSSR count). The molecule has 0 saturated carbocycles. The van der Waals surface area contributed by atoms with Crippen LogP contribution in [0, 0.1) is 0 Å². The number of esters is 2. The lowest BCUT2D eigenvalue weighted by Crippen LogP contribution is -2.48. The van der Waals surface area contributed by atoms with Gasteiger partial charge >= 0.3 is 26.0 Å². The number of nitrogens with zero attached hydrogens (tertiary/aromatic N) is 1. The first-order valence-corrected chi connectivity index (χ1v) is 9.51. The summed E-state index contributed by atoms with van der Waals surface area (Å²) in [6, 6.07) is 2.95. The molecule has 13 heteroatoms. The van der Waals surface area contributed by atoms with Crippen LogP contribution in [0.25, 0.3) is 0 Å². The molecule has 1 unspecified atom stereocenters. The molecule has 1 amide bonds.